The van der Waals surface area contributed by atoms with E-state index in [1.54, 1.807) is 0 Å². The van der Waals surface area contributed by atoms with Gasteiger partial charge < -0.3 is 0 Å². The van der Waals surface area contributed by atoms with Gasteiger partial charge in [-0.15, -0.1) is 0 Å². The van der Waals surface area contributed by atoms with Crippen LogP contribution in [0.3, 0.4) is 0 Å². The van der Waals surface area contributed by atoms with Crippen LogP contribution in [0.25, 0.3) is 0 Å². The van der Waals surface area contributed by atoms with Crippen LogP contribution in [0.1, 0.15) is 64.5 Å². The number of fused-ring (bicyclic) bond motifs is 2. The van der Waals surface area contributed by atoms with Crippen LogP contribution in [0.2, 0.25) is 0 Å². The Balaban J connectivity index is 2.45. The maximum Gasteiger partial charge on any atom is 0.0405 e. The van der Waals surface area contributed by atoms with Crippen molar-refractivity contribution in [3.8, 4) is 0 Å². The van der Waals surface area contributed by atoms with Gasteiger partial charge in [-0.1, -0.05) is 76.2 Å². The monoisotopic (exact) mass is 266 g/mol. The first-order valence-electron chi connectivity index (χ1n) is 8.54. The first-order chi connectivity index (χ1) is 10.3. The number of rotatable bonds is 2. The highest BCUT2D eigenvalue weighted by molar-refractivity contribution is 5.53. The van der Waals surface area contributed by atoms with Crippen molar-refractivity contribution in [1.29, 1.82) is 0 Å². The summed E-state index contributed by atoms with van der Waals surface area (Å²) in [6, 6.07) is 16.2. The van der Waals surface area contributed by atoms with E-state index in [-0.39, 0.29) is 11.8 Å². The molecule has 0 heteroatoms. The summed E-state index contributed by atoms with van der Waals surface area (Å²) in [5.41, 5.74) is 3.97. The van der Waals surface area contributed by atoms with Crippen LogP contribution in [0, 0.1) is 11.8 Å². The molecule has 3 rings (SSSR count). The highest BCUT2D eigenvalue weighted by Gasteiger charge is 2.34. The van der Waals surface area contributed by atoms with Gasteiger partial charge >= 0.3 is 0 Å². The van der Waals surface area contributed by atoms with Crippen molar-refractivity contribution in [3.63, 3.8) is 0 Å². The molecule has 0 bridgehead atoms. The Bertz CT molecular complexity index is 593. The van der Waals surface area contributed by atoms with Gasteiger partial charge in [0, 0.05) is 14.5 Å². The predicted octanol–water partition coefficient (Wildman–Crippen LogP) is 5.58. The lowest BCUT2D eigenvalue weighted by Crippen LogP contribution is -2.24. The summed E-state index contributed by atoms with van der Waals surface area (Å²) in [5, 5.41) is 0. The van der Waals surface area contributed by atoms with Crippen molar-refractivity contribution in [3.05, 3.63) is 70.8 Å². The topological polar surface area (TPSA) is 0 Å². The minimum atomic E-state index is -0.785. The quantitative estimate of drug-likeness (QED) is 0.666. The van der Waals surface area contributed by atoms with E-state index in [1.165, 1.54) is 0 Å². The van der Waals surface area contributed by atoms with Crippen LogP contribution < -0.4 is 0 Å². The third-order valence-corrected chi connectivity index (χ3v) is 4.17. The average Bonchev–Trinajstić information content (AvgIpc) is 2.52. The zero-order chi connectivity index (χ0) is 16.1. The minimum Gasteiger partial charge on any atom is -0.0620 e. The Kier molecular flexibility index (Phi) is 2.83. The second-order valence-corrected chi connectivity index (χ2v) is 6.23. The molecule has 0 saturated heterocycles. The van der Waals surface area contributed by atoms with Gasteiger partial charge in [-0.05, 0) is 34.1 Å². The Morgan fingerprint density at radius 3 is 1.10 bits per heavy atom. The van der Waals surface area contributed by atoms with Crippen molar-refractivity contribution in [2.24, 2.45) is 11.8 Å². The molecule has 0 aromatic heterocycles. The summed E-state index contributed by atoms with van der Waals surface area (Å²) >= 11 is 0. The molecule has 1 aliphatic carbocycles. The second-order valence-electron chi connectivity index (χ2n) is 6.23. The Labute approximate surface area is 125 Å². The fourth-order valence-electron chi connectivity index (χ4n) is 3.44. The van der Waals surface area contributed by atoms with Crippen molar-refractivity contribution in [2.75, 3.05) is 0 Å². The first kappa shape index (κ1) is 11.1. The van der Waals surface area contributed by atoms with Gasteiger partial charge in [0.05, 0.1) is 0 Å². The lowest BCUT2D eigenvalue weighted by Gasteiger charge is -2.38. The van der Waals surface area contributed by atoms with E-state index in [2.05, 4.69) is 27.7 Å². The van der Waals surface area contributed by atoms with Crippen molar-refractivity contribution >= 4 is 0 Å². The average molecular weight is 266 g/mol. The molecular formula is C20H24. The normalized spacial score (nSPS) is 29.7. The van der Waals surface area contributed by atoms with Crippen LogP contribution in [-0.2, 0) is 0 Å². The largest absolute Gasteiger partial charge is 0.0620 e. The molecule has 1 aliphatic rings. The molecule has 0 aliphatic heterocycles. The molecule has 0 heterocycles. The first-order valence-corrected chi connectivity index (χ1v) is 7.54. The maximum atomic E-state index is 9.27. The van der Waals surface area contributed by atoms with E-state index < -0.39 is 11.8 Å². The Hall–Kier alpha value is -1.56. The molecule has 2 aromatic rings. The Morgan fingerprint density at radius 1 is 0.650 bits per heavy atom. The molecule has 0 atom stereocenters. The molecule has 0 amide bonds. The molecule has 0 N–H and O–H groups in total. The summed E-state index contributed by atoms with van der Waals surface area (Å²) in [5.74, 6) is -1.28. The molecule has 0 radical (unpaired) electrons. The summed E-state index contributed by atoms with van der Waals surface area (Å²) in [6.07, 6.45) is 0. The van der Waals surface area contributed by atoms with E-state index in [9.17, 15) is 2.74 Å². The van der Waals surface area contributed by atoms with Crippen LogP contribution >= 0.6 is 0 Å². The van der Waals surface area contributed by atoms with Crippen molar-refractivity contribution in [2.45, 2.75) is 39.5 Å². The minimum absolute atomic E-state index is 0.145. The molecule has 2 aromatic carbocycles. The van der Waals surface area contributed by atoms with E-state index >= 15 is 0 Å². The molecule has 0 nitrogen and oxygen atoms in total. The molecular weight excluding hydrogens is 240 g/mol. The summed E-state index contributed by atoms with van der Waals surface area (Å²) in [4.78, 5) is 0. The third kappa shape index (κ3) is 1.98. The fraction of sp³-hybridized carbons (Fsp3) is 0.400. The van der Waals surface area contributed by atoms with E-state index in [0.717, 1.165) is 22.3 Å². The van der Waals surface area contributed by atoms with E-state index in [0.29, 0.717) is 0 Å². The predicted molar refractivity (Wildman–Crippen MR) is 86.2 cm³/mol. The molecule has 20 heavy (non-hydrogen) atoms. The molecule has 0 saturated carbocycles. The van der Waals surface area contributed by atoms with Gasteiger partial charge in [0.2, 0.25) is 0 Å². The highest BCUT2D eigenvalue weighted by Crippen LogP contribution is 2.48. The van der Waals surface area contributed by atoms with Crippen LogP contribution in [0.4, 0.5) is 0 Å². The van der Waals surface area contributed by atoms with Gasteiger partial charge in [0.15, 0.2) is 0 Å². The van der Waals surface area contributed by atoms with Crippen LogP contribution in [0.15, 0.2) is 48.5 Å². The number of benzene rings is 2. The highest BCUT2D eigenvalue weighted by atomic mass is 14.4. The SMILES string of the molecule is [2H]C1(C(C)C)c2ccccc2C([2H])(C(C)C)c2ccccc21. The lowest BCUT2D eigenvalue weighted by atomic mass is 9.66. The number of hydrogen-bond acceptors (Lipinski definition) is 0. The van der Waals surface area contributed by atoms with Gasteiger partial charge in [0.1, 0.15) is 0 Å². The smallest absolute Gasteiger partial charge is 0.0405 e. The second kappa shape index (κ2) is 5.09. The molecule has 0 fully saturated rings. The van der Waals surface area contributed by atoms with Crippen molar-refractivity contribution in [1.82, 2.24) is 0 Å². The van der Waals surface area contributed by atoms with E-state index in [1.807, 2.05) is 48.5 Å². The fourth-order valence-corrected chi connectivity index (χ4v) is 3.44. The van der Waals surface area contributed by atoms with Crippen LogP contribution in [-0.4, -0.2) is 0 Å². The van der Waals surface area contributed by atoms with Crippen LogP contribution in [0.5, 0.6) is 0 Å². The Morgan fingerprint density at radius 2 is 0.900 bits per heavy atom. The van der Waals surface area contributed by atoms with Crippen molar-refractivity contribution < 1.29 is 2.74 Å². The standard InChI is InChI=1S/C20H24/c1-13(2)19-15-9-5-7-11-17(15)20(14(3)4)18-12-8-6-10-16(18)19/h5-14,19-20H,1-4H3/i19D,20D. The lowest BCUT2D eigenvalue weighted by molar-refractivity contribution is 0.494. The van der Waals surface area contributed by atoms with E-state index in [4.69, 9.17) is 0 Å². The summed E-state index contributed by atoms with van der Waals surface area (Å²) in [7, 11) is 0. The molecule has 0 unspecified atom stereocenters. The summed E-state index contributed by atoms with van der Waals surface area (Å²) < 4.78 is 18.5. The number of hydrogen-bond donors (Lipinski definition) is 0. The third-order valence-electron chi connectivity index (χ3n) is 4.17. The maximum absolute atomic E-state index is 9.27. The zero-order valence-corrected chi connectivity index (χ0v) is 12.8. The molecule has 0 spiro atoms. The van der Waals surface area contributed by atoms with Gasteiger partial charge in [0.25, 0.3) is 0 Å². The zero-order valence-electron chi connectivity index (χ0n) is 14.8. The van der Waals surface area contributed by atoms with Gasteiger partial charge in [-0.2, -0.15) is 0 Å². The molecule has 104 valence electrons. The summed E-state index contributed by atoms with van der Waals surface area (Å²) in [6.45, 7) is 8.42. The van der Waals surface area contributed by atoms with Gasteiger partial charge in [-0.25, -0.2) is 0 Å². The van der Waals surface area contributed by atoms with Gasteiger partial charge in [-0.3, -0.25) is 0 Å².